The van der Waals surface area contributed by atoms with Crippen molar-refractivity contribution in [1.82, 2.24) is 15.0 Å². The van der Waals surface area contributed by atoms with Gasteiger partial charge in [-0.25, -0.2) is 4.98 Å². The monoisotopic (exact) mass is 347 g/mol. The molecule has 0 saturated carbocycles. The number of rotatable bonds is 6. The van der Waals surface area contributed by atoms with Gasteiger partial charge in [-0.15, -0.1) is 0 Å². The van der Waals surface area contributed by atoms with Crippen LogP contribution in [0, 0.1) is 6.92 Å². The van der Waals surface area contributed by atoms with Gasteiger partial charge >= 0.3 is 0 Å². The third kappa shape index (κ3) is 4.17. The predicted octanol–water partition coefficient (Wildman–Crippen LogP) is 4.97. The van der Waals surface area contributed by atoms with Crippen LogP contribution in [0.5, 0.6) is 0 Å². The number of nitrogens with zero attached hydrogens (tertiary/aromatic N) is 3. The van der Waals surface area contributed by atoms with Crippen LogP contribution in [-0.4, -0.2) is 21.0 Å². The first-order valence-electron chi connectivity index (χ1n) is 8.98. The molecule has 5 nitrogen and oxygen atoms in total. The second-order valence-electron chi connectivity index (χ2n) is 6.58. The Morgan fingerprint density at radius 2 is 1.81 bits per heavy atom. The Balaban J connectivity index is 2.04. The van der Waals surface area contributed by atoms with Crippen LogP contribution in [-0.2, 0) is 6.42 Å². The van der Waals surface area contributed by atoms with Gasteiger partial charge in [-0.2, -0.15) is 4.98 Å². The van der Waals surface area contributed by atoms with Gasteiger partial charge in [0.15, 0.2) is 0 Å². The summed E-state index contributed by atoms with van der Waals surface area (Å²) >= 11 is 0. The van der Waals surface area contributed by atoms with Crippen molar-refractivity contribution in [2.75, 3.05) is 10.6 Å². The number of anilines is 3. The number of pyridine rings is 1. The first kappa shape index (κ1) is 17.9. The summed E-state index contributed by atoms with van der Waals surface area (Å²) in [5.41, 5.74) is 5.46. The number of hydrogen-bond donors (Lipinski definition) is 2. The fraction of sp³-hybridized carbons (Fsp3) is 0.286. The average molecular weight is 347 g/mol. The van der Waals surface area contributed by atoms with Gasteiger partial charge in [-0.1, -0.05) is 25.1 Å². The Morgan fingerprint density at radius 3 is 2.50 bits per heavy atom. The second-order valence-corrected chi connectivity index (χ2v) is 6.58. The van der Waals surface area contributed by atoms with Gasteiger partial charge in [-0.05, 0) is 50.5 Å². The lowest BCUT2D eigenvalue weighted by Gasteiger charge is -2.16. The minimum absolute atomic E-state index is 0.250. The third-order valence-corrected chi connectivity index (χ3v) is 4.11. The molecule has 5 heteroatoms. The van der Waals surface area contributed by atoms with Crippen molar-refractivity contribution in [3.05, 3.63) is 59.9 Å². The summed E-state index contributed by atoms with van der Waals surface area (Å²) in [6.07, 6.45) is 4.51. The highest BCUT2D eigenvalue weighted by Crippen LogP contribution is 2.27. The van der Waals surface area contributed by atoms with Gasteiger partial charge in [0.25, 0.3) is 0 Å². The summed E-state index contributed by atoms with van der Waals surface area (Å²) < 4.78 is 0. The molecule has 0 spiro atoms. The SMILES string of the molecule is CCc1cccc(C)c1Nc1cc(-c2ccncc2)nc(NC(C)C)n1. The van der Waals surface area contributed by atoms with Gasteiger partial charge in [0.05, 0.1) is 5.69 Å². The van der Waals surface area contributed by atoms with E-state index in [4.69, 9.17) is 0 Å². The molecule has 0 bridgehead atoms. The van der Waals surface area contributed by atoms with Crippen molar-refractivity contribution >= 4 is 17.5 Å². The van der Waals surface area contributed by atoms with Crippen molar-refractivity contribution in [1.29, 1.82) is 0 Å². The molecule has 134 valence electrons. The van der Waals surface area contributed by atoms with Gasteiger partial charge in [0, 0.05) is 35.8 Å². The first-order chi connectivity index (χ1) is 12.6. The van der Waals surface area contributed by atoms with E-state index in [2.05, 4.69) is 71.5 Å². The van der Waals surface area contributed by atoms with Gasteiger partial charge in [-0.3, -0.25) is 4.98 Å². The predicted molar refractivity (Wildman–Crippen MR) is 108 cm³/mol. The van der Waals surface area contributed by atoms with Crippen molar-refractivity contribution in [3.63, 3.8) is 0 Å². The van der Waals surface area contributed by atoms with Crippen LogP contribution < -0.4 is 10.6 Å². The van der Waals surface area contributed by atoms with E-state index in [1.165, 1.54) is 11.1 Å². The van der Waals surface area contributed by atoms with Crippen LogP contribution in [0.4, 0.5) is 17.5 Å². The van der Waals surface area contributed by atoms with E-state index >= 15 is 0 Å². The maximum Gasteiger partial charge on any atom is 0.225 e. The molecule has 0 amide bonds. The number of benzene rings is 1. The Bertz CT molecular complexity index is 875. The zero-order valence-corrected chi connectivity index (χ0v) is 15.7. The molecule has 0 aliphatic heterocycles. The van der Waals surface area contributed by atoms with E-state index in [0.29, 0.717) is 5.95 Å². The summed E-state index contributed by atoms with van der Waals surface area (Å²) in [5, 5.41) is 6.82. The fourth-order valence-corrected chi connectivity index (χ4v) is 2.83. The quantitative estimate of drug-likeness (QED) is 0.659. The van der Waals surface area contributed by atoms with Crippen LogP contribution >= 0.6 is 0 Å². The topological polar surface area (TPSA) is 62.7 Å². The van der Waals surface area contributed by atoms with Crippen LogP contribution in [0.1, 0.15) is 31.9 Å². The number of aromatic nitrogens is 3. The van der Waals surface area contributed by atoms with Gasteiger partial charge in [0.1, 0.15) is 5.82 Å². The van der Waals surface area contributed by atoms with Crippen molar-refractivity contribution in [3.8, 4) is 11.3 Å². The van der Waals surface area contributed by atoms with Crippen LogP contribution in [0.15, 0.2) is 48.8 Å². The molecular weight excluding hydrogens is 322 g/mol. The molecule has 3 rings (SSSR count). The molecule has 3 aromatic rings. The molecule has 0 saturated heterocycles. The molecule has 2 aromatic heterocycles. The minimum Gasteiger partial charge on any atom is -0.352 e. The highest BCUT2D eigenvalue weighted by atomic mass is 15.2. The maximum absolute atomic E-state index is 4.66. The highest BCUT2D eigenvalue weighted by molar-refractivity contribution is 5.70. The Kier molecular flexibility index (Phi) is 5.46. The first-order valence-corrected chi connectivity index (χ1v) is 8.98. The van der Waals surface area contributed by atoms with Crippen LogP contribution in [0.3, 0.4) is 0 Å². The van der Waals surface area contributed by atoms with E-state index < -0.39 is 0 Å². The summed E-state index contributed by atoms with van der Waals surface area (Å²) in [4.78, 5) is 13.4. The number of nitrogens with one attached hydrogen (secondary N) is 2. The second kappa shape index (κ2) is 7.95. The molecule has 0 radical (unpaired) electrons. The average Bonchev–Trinajstić information content (AvgIpc) is 2.63. The molecule has 0 aliphatic rings. The molecule has 26 heavy (non-hydrogen) atoms. The third-order valence-electron chi connectivity index (χ3n) is 4.11. The number of hydrogen-bond acceptors (Lipinski definition) is 5. The lowest BCUT2D eigenvalue weighted by atomic mass is 10.1. The molecule has 1 aromatic carbocycles. The highest BCUT2D eigenvalue weighted by Gasteiger charge is 2.10. The molecule has 0 atom stereocenters. The van der Waals surface area contributed by atoms with Crippen molar-refractivity contribution < 1.29 is 0 Å². The number of para-hydroxylation sites is 1. The van der Waals surface area contributed by atoms with Gasteiger partial charge in [0.2, 0.25) is 5.95 Å². The minimum atomic E-state index is 0.250. The number of aryl methyl sites for hydroxylation is 2. The lowest BCUT2D eigenvalue weighted by Crippen LogP contribution is -2.13. The maximum atomic E-state index is 4.66. The van der Waals surface area contributed by atoms with E-state index in [1.54, 1.807) is 12.4 Å². The van der Waals surface area contributed by atoms with Gasteiger partial charge < -0.3 is 10.6 Å². The molecule has 2 N–H and O–H groups in total. The molecule has 0 unspecified atom stereocenters. The molecule has 0 aliphatic carbocycles. The molecule has 0 fully saturated rings. The van der Waals surface area contributed by atoms with E-state index in [1.807, 2.05) is 18.2 Å². The molecular formula is C21H25N5. The molecule has 2 heterocycles. The smallest absolute Gasteiger partial charge is 0.225 e. The summed E-state index contributed by atoms with van der Waals surface area (Å²) in [5.74, 6) is 1.39. The van der Waals surface area contributed by atoms with Crippen molar-refractivity contribution in [2.24, 2.45) is 0 Å². The van der Waals surface area contributed by atoms with E-state index in [9.17, 15) is 0 Å². The standard InChI is InChI=1S/C21H25N5/c1-5-16-8-6-7-15(4)20(16)25-19-13-18(17-9-11-22-12-10-17)24-21(26-19)23-14(2)3/h6-14H,5H2,1-4H3,(H2,23,24,25,26). The normalized spacial score (nSPS) is 10.8. The Hall–Kier alpha value is -2.95. The van der Waals surface area contributed by atoms with Crippen LogP contribution in [0.2, 0.25) is 0 Å². The van der Waals surface area contributed by atoms with E-state index in [-0.39, 0.29) is 6.04 Å². The van der Waals surface area contributed by atoms with Crippen LogP contribution in [0.25, 0.3) is 11.3 Å². The zero-order chi connectivity index (χ0) is 18.5. The largest absolute Gasteiger partial charge is 0.352 e. The summed E-state index contributed by atoms with van der Waals surface area (Å²) in [6, 6.07) is 12.5. The Morgan fingerprint density at radius 1 is 1.04 bits per heavy atom. The zero-order valence-electron chi connectivity index (χ0n) is 15.7. The fourth-order valence-electron chi connectivity index (χ4n) is 2.83. The summed E-state index contributed by atoms with van der Waals surface area (Å²) in [7, 11) is 0. The van der Waals surface area contributed by atoms with Crippen molar-refractivity contribution in [2.45, 2.75) is 40.2 Å². The summed E-state index contributed by atoms with van der Waals surface area (Å²) in [6.45, 7) is 8.42. The van der Waals surface area contributed by atoms with E-state index in [0.717, 1.165) is 29.2 Å². The lowest BCUT2D eigenvalue weighted by molar-refractivity contribution is 0.875. The Labute approximate surface area is 154 Å².